The third-order valence-electron chi connectivity index (χ3n) is 18.5. The van der Waals surface area contributed by atoms with Crippen LogP contribution in [-0.2, 0) is 38.1 Å². The first kappa shape index (κ1) is 92.0. The number of carbonyl (C=O) groups is 6. The monoisotopic (exact) mass is 1830 g/mol. The lowest BCUT2D eigenvalue weighted by Gasteiger charge is -2.43. The Morgan fingerprint density at radius 3 is 1.36 bits per heavy atom. The number of halogens is 6. The summed E-state index contributed by atoms with van der Waals surface area (Å²) < 4.78 is 37.3. The van der Waals surface area contributed by atoms with Gasteiger partial charge in [-0.05, 0) is 154 Å². The van der Waals surface area contributed by atoms with Crippen LogP contribution >= 0.6 is 82.6 Å². The molecule has 39 heteroatoms. The maximum absolute atomic E-state index is 12.5. The van der Waals surface area contributed by atoms with E-state index in [4.69, 9.17) is 64.2 Å². The molecule has 33 nitrogen and oxygen atoms in total. The van der Waals surface area contributed by atoms with Crippen molar-refractivity contribution in [1.29, 1.82) is 0 Å². The summed E-state index contributed by atoms with van der Waals surface area (Å²) in [6, 6.07) is 2.43. The Kier molecular flexibility index (Phi) is 34.7. The highest BCUT2D eigenvalue weighted by Gasteiger charge is 2.39. The van der Waals surface area contributed by atoms with E-state index in [1.807, 2.05) is 122 Å². The quantitative estimate of drug-likeness (QED) is 0.0515. The topological polar surface area (TPSA) is 333 Å². The van der Waals surface area contributed by atoms with Crippen molar-refractivity contribution in [3.05, 3.63) is 93.8 Å². The number of amides is 4. The largest absolute Gasteiger partial charge is 0.444 e. The molecular formula is C75H108Br3Cl3N22O11. The number of aromatic nitrogens is 12. The summed E-state index contributed by atoms with van der Waals surface area (Å²) in [5.41, 5.74) is 11.3. The third-order valence-corrected chi connectivity index (χ3v) is 21.0. The van der Waals surface area contributed by atoms with E-state index >= 15 is 0 Å². The Bertz CT molecular complexity index is 4420. The first-order valence-electron chi connectivity index (χ1n) is 37.9. The number of Topliss-reactive ketones (excluding diaryl/α,β-unsaturated/α-hetero) is 1. The maximum Gasteiger partial charge on any atom is 0.410 e. The molecule has 13 rings (SSSR count). The molecular weight excluding hydrogens is 1730 g/mol. The second-order valence-corrected chi connectivity index (χ2v) is 34.3. The van der Waals surface area contributed by atoms with E-state index in [0.717, 1.165) is 176 Å². The van der Waals surface area contributed by atoms with Crippen LogP contribution in [0, 0.1) is 0 Å². The van der Waals surface area contributed by atoms with Gasteiger partial charge >= 0.3 is 18.3 Å². The van der Waals surface area contributed by atoms with Crippen molar-refractivity contribution >= 4 is 163 Å². The molecule has 8 aromatic rings. The molecule has 4 amide bonds. The second kappa shape index (κ2) is 43.1. The third kappa shape index (κ3) is 28.4. The zero-order chi connectivity index (χ0) is 83.1. The van der Waals surface area contributed by atoms with Gasteiger partial charge in [-0.2, -0.15) is 20.4 Å². The van der Waals surface area contributed by atoms with Gasteiger partial charge in [0.15, 0.2) is 28.4 Å². The van der Waals surface area contributed by atoms with E-state index in [1.54, 1.807) is 69.3 Å². The Labute approximate surface area is 705 Å². The SMILES string of the molecule is CN(CCN(C(=O)CCl)C1CCN(c2cnc3c(Br)cnn3c2)CC1)C(=O)OC(C)(C)C.CN(CCN)C(=O)OC(C)(C)C.CN(CCNC1CCN(c2cnc3c(Br)cnn3c2)CC1)C(=O)OC(C)(C)C.O=C(Cl)CCl.O=C1CCN(c2cnc3c(Br)cnn3c2)CC1.c1cc2ncc(N3CCC4(CC3)OCCCO4)cn2n1. The summed E-state index contributed by atoms with van der Waals surface area (Å²) in [7, 11) is 5.12. The van der Waals surface area contributed by atoms with Crippen LogP contribution in [0.15, 0.2) is 93.8 Å². The molecule has 0 bridgehead atoms. The minimum absolute atomic E-state index is 0.0695. The number of fused-ring (bicyclic) bond motifs is 4. The number of rotatable bonds is 16. The highest BCUT2D eigenvalue weighted by molar-refractivity contribution is 9.11. The summed E-state index contributed by atoms with van der Waals surface area (Å²) in [6.07, 6.45) is 29.2. The molecule has 0 saturated carbocycles. The molecule has 5 aliphatic heterocycles. The van der Waals surface area contributed by atoms with Gasteiger partial charge in [0.05, 0.1) is 130 Å². The zero-order valence-corrected chi connectivity index (χ0v) is 74.1. The standard InChI is InChI=1S/C21H30BrClN6O3.C19H29BrN6O2.C14H18N4O2.C11H11BrN4O.C8H18N2O2.C2H2Cl2O/c1-21(2,3)32-20(31)26(4)9-10-28(18(30)11-23)15-5-7-27(8-6-15)16-12-24-19-17(22)13-25-29(19)14-16;1-19(2,3)28-18(27)24(4)10-7-21-14-5-8-25(9-6-14)15-11-22-17-16(20)12-23-26(17)13-15;1-8-19-14(20-9-1)3-6-17(7-4-14)12-10-15-13-2-5-16-18(13)11-12;12-10-6-14-16-7-8(5-13-11(10)16)15-3-1-9(17)2-4-15;1-8(2,3)12-7(11)10(4)6-5-9;3-1-2(4)5/h12-15H,5-11H2,1-4H3;11-14,21H,5-10H2,1-4H3;2,5,10-11H,1,3-4,6-9H2;5-7H,1-4H2;5-6,9H2,1-4H3;1H2. The number of hydrogen-bond donors (Lipinski definition) is 2. The minimum atomic E-state index is -0.562. The first-order valence-corrected chi connectivity index (χ1v) is 41.8. The van der Waals surface area contributed by atoms with Crippen LogP contribution in [0.4, 0.5) is 37.1 Å². The van der Waals surface area contributed by atoms with E-state index in [-0.39, 0.29) is 41.7 Å². The van der Waals surface area contributed by atoms with Gasteiger partial charge in [-0.1, -0.05) is 0 Å². The molecule has 626 valence electrons. The zero-order valence-electron chi connectivity index (χ0n) is 67.0. The molecule has 0 aliphatic carbocycles. The number of anilines is 4. The predicted molar refractivity (Wildman–Crippen MR) is 450 cm³/mol. The average Bonchev–Trinajstić information content (AvgIpc) is 1.79. The van der Waals surface area contributed by atoms with Crippen molar-refractivity contribution in [2.24, 2.45) is 5.73 Å². The Morgan fingerprint density at radius 1 is 0.544 bits per heavy atom. The van der Waals surface area contributed by atoms with Crippen LogP contribution in [0.1, 0.15) is 120 Å². The molecule has 13 heterocycles. The molecule has 5 fully saturated rings. The normalized spacial score (nSPS) is 16.1. The number of nitrogens with two attached hydrogens (primary N) is 1. The van der Waals surface area contributed by atoms with Crippen molar-refractivity contribution in [3.8, 4) is 0 Å². The smallest absolute Gasteiger partial charge is 0.410 e. The van der Waals surface area contributed by atoms with Gasteiger partial charge in [-0.15, -0.1) is 23.2 Å². The number of hydrogen-bond acceptors (Lipinski definition) is 25. The summed E-state index contributed by atoms with van der Waals surface area (Å²) in [5.74, 6) is -0.283. The van der Waals surface area contributed by atoms with Crippen molar-refractivity contribution in [1.82, 2.24) is 83.3 Å². The Morgan fingerprint density at radius 2 is 0.939 bits per heavy atom. The Hall–Kier alpha value is -7.55. The van der Waals surface area contributed by atoms with Gasteiger partial charge in [0.25, 0.3) is 0 Å². The number of ketones is 1. The number of nitrogens with one attached hydrogen (secondary N) is 1. The molecule has 8 aromatic heterocycles. The van der Waals surface area contributed by atoms with Crippen molar-refractivity contribution in [2.75, 3.05) is 157 Å². The second-order valence-electron chi connectivity index (χ2n) is 30.8. The number of carbonyl (C=O) groups excluding carboxylic acids is 6. The number of piperidine rings is 4. The van der Waals surface area contributed by atoms with Crippen molar-refractivity contribution < 1.29 is 52.5 Å². The lowest BCUT2D eigenvalue weighted by molar-refractivity contribution is -0.275. The average molecular weight is 1840 g/mol. The van der Waals surface area contributed by atoms with Crippen LogP contribution in [0.3, 0.4) is 0 Å². The van der Waals surface area contributed by atoms with Crippen molar-refractivity contribution in [2.45, 2.75) is 155 Å². The summed E-state index contributed by atoms with van der Waals surface area (Å²) in [6.45, 7) is 28.3. The summed E-state index contributed by atoms with van der Waals surface area (Å²) in [5, 5.41) is 20.1. The molecule has 0 unspecified atom stereocenters. The van der Waals surface area contributed by atoms with Gasteiger partial charge in [0, 0.05) is 157 Å². The predicted octanol–water partition coefficient (Wildman–Crippen LogP) is 11.2. The van der Waals surface area contributed by atoms with Gasteiger partial charge in [-0.3, -0.25) is 14.4 Å². The highest BCUT2D eigenvalue weighted by atomic mass is 79.9. The molecule has 0 radical (unpaired) electrons. The molecule has 3 N–H and O–H groups in total. The van der Waals surface area contributed by atoms with Gasteiger partial charge < -0.3 is 73.9 Å². The Balaban J connectivity index is 0.000000181. The van der Waals surface area contributed by atoms with Crippen LogP contribution in [0.5, 0.6) is 0 Å². The van der Waals surface area contributed by atoms with Crippen LogP contribution < -0.4 is 30.7 Å². The minimum Gasteiger partial charge on any atom is -0.444 e. The summed E-state index contributed by atoms with van der Waals surface area (Å²) in [4.78, 5) is 102. The number of alkyl halides is 2. The lowest BCUT2D eigenvalue weighted by atomic mass is 10.0. The van der Waals surface area contributed by atoms with Gasteiger partial charge in [-0.25, -0.2) is 52.4 Å². The number of likely N-dealkylation sites (N-methyl/N-ethyl adjacent to an activating group) is 3. The number of ether oxygens (including phenoxy) is 5. The van der Waals surface area contributed by atoms with Gasteiger partial charge in [0.1, 0.15) is 28.5 Å². The fourth-order valence-corrected chi connectivity index (χ4v) is 13.8. The van der Waals surface area contributed by atoms with E-state index in [9.17, 15) is 28.8 Å². The maximum atomic E-state index is 12.5. The fourth-order valence-electron chi connectivity index (χ4n) is 12.5. The molecule has 5 aliphatic rings. The molecule has 0 aromatic carbocycles. The van der Waals surface area contributed by atoms with E-state index < -0.39 is 28.1 Å². The van der Waals surface area contributed by atoms with E-state index in [1.165, 1.54) is 9.80 Å². The fraction of sp³-hybridized carbons (Fsp3) is 0.600. The molecule has 5 saturated heterocycles. The van der Waals surface area contributed by atoms with Gasteiger partial charge in [0.2, 0.25) is 11.1 Å². The van der Waals surface area contributed by atoms with Crippen LogP contribution in [0.2, 0.25) is 0 Å². The van der Waals surface area contributed by atoms with E-state index in [0.29, 0.717) is 57.4 Å². The highest BCUT2D eigenvalue weighted by Crippen LogP contribution is 2.33. The molecule has 114 heavy (non-hydrogen) atoms. The van der Waals surface area contributed by atoms with Crippen LogP contribution in [-0.4, -0.2) is 286 Å². The molecule has 1 spiro atoms. The summed E-state index contributed by atoms with van der Waals surface area (Å²) >= 11 is 25.7. The van der Waals surface area contributed by atoms with Crippen molar-refractivity contribution in [3.63, 3.8) is 0 Å². The van der Waals surface area contributed by atoms with Crippen LogP contribution in [0.25, 0.3) is 22.6 Å². The van der Waals surface area contributed by atoms with E-state index in [2.05, 4.69) is 113 Å². The molecule has 0 atom stereocenters. The lowest BCUT2D eigenvalue weighted by Crippen LogP contribution is -2.50. The number of nitrogens with zero attached hydrogens (tertiary/aromatic N) is 20. The first-order chi connectivity index (χ1) is 54.0.